The van der Waals surface area contributed by atoms with E-state index < -0.39 is 55.7 Å². The summed E-state index contributed by atoms with van der Waals surface area (Å²) in [7, 11) is -1.91. The van der Waals surface area contributed by atoms with Gasteiger partial charge in [-0.3, -0.25) is 9.59 Å². The predicted octanol–water partition coefficient (Wildman–Crippen LogP) is 3.16. The minimum Gasteiger partial charge on any atom is -0.493 e. The Morgan fingerprint density at radius 3 is 2.35 bits per heavy atom. The number of anilines is 1. The van der Waals surface area contributed by atoms with E-state index in [9.17, 15) is 31.2 Å². The Labute approximate surface area is 179 Å². The van der Waals surface area contributed by atoms with Crippen molar-refractivity contribution in [3.63, 3.8) is 0 Å². The predicted molar refractivity (Wildman–Crippen MR) is 103 cm³/mol. The molecule has 0 saturated carbocycles. The van der Waals surface area contributed by atoms with Crippen molar-refractivity contribution in [2.24, 2.45) is 0 Å². The zero-order valence-electron chi connectivity index (χ0n) is 15.9. The van der Waals surface area contributed by atoms with Gasteiger partial charge in [0, 0.05) is 6.07 Å². The van der Waals surface area contributed by atoms with E-state index in [-0.39, 0.29) is 21.4 Å². The number of sulfonamides is 1. The van der Waals surface area contributed by atoms with Crippen LogP contribution < -0.4 is 14.8 Å². The monoisotopic (exact) mass is 478 g/mol. The number of halogens is 4. The lowest BCUT2D eigenvalue weighted by Crippen LogP contribution is -2.37. The third-order valence-corrected chi connectivity index (χ3v) is 6.47. The average Bonchev–Trinajstić information content (AvgIpc) is 2.87. The summed E-state index contributed by atoms with van der Waals surface area (Å²) >= 11 is 5.78. The molecule has 0 unspecified atom stereocenters. The van der Waals surface area contributed by atoms with Crippen molar-refractivity contribution in [3.05, 3.63) is 46.5 Å². The first-order chi connectivity index (χ1) is 14.4. The Balaban J connectivity index is 1.92. The zero-order valence-corrected chi connectivity index (χ0v) is 17.5. The van der Waals surface area contributed by atoms with Crippen LogP contribution in [0.1, 0.15) is 15.9 Å². The SMILES string of the molecule is COc1cc2c(cc1OC)S(=O)(=O)N(CC(=O)Nc1c(Cl)cccc1C(F)(F)F)C2=O. The van der Waals surface area contributed by atoms with Gasteiger partial charge < -0.3 is 14.8 Å². The van der Waals surface area contributed by atoms with Crippen LogP contribution in [0, 0.1) is 0 Å². The molecule has 1 aliphatic rings. The quantitative estimate of drug-likeness (QED) is 0.708. The third-order valence-electron chi connectivity index (χ3n) is 4.38. The first-order valence-corrected chi connectivity index (χ1v) is 10.2. The fourth-order valence-electron chi connectivity index (χ4n) is 2.96. The number of fused-ring (bicyclic) bond motifs is 1. The van der Waals surface area contributed by atoms with Crippen LogP contribution in [-0.2, 0) is 21.0 Å². The Bertz CT molecular complexity index is 1180. The second-order valence-corrected chi connectivity index (χ2v) is 8.47. The minimum atomic E-state index is -4.83. The molecule has 13 heteroatoms. The molecule has 0 radical (unpaired) electrons. The van der Waals surface area contributed by atoms with E-state index in [4.69, 9.17) is 21.1 Å². The fraction of sp³-hybridized carbons (Fsp3) is 0.222. The number of carbonyl (C=O) groups excluding carboxylic acids is 2. The molecule has 0 aromatic heterocycles. The van der Waals surface area contributed by atoms with E-state index >= 15 is 0 Å². The number of ether oxygens (including phenoxy) is 2. The minimum absolute atomic E-state index is 0.0369. The molecular weight excluding hydrogens is 465 g/mol. The number of carbonyl (C=O) groups is 2. The molecule has 3 rings (SSSR count). The molecule has 1 aliphatic heterocycles. The van der Waals surface area contributed by atoms with Gasteiger partial charge >= 0.3 is 6.18 Å². The summed E-state index contributed by atoms with van der Waals surface area (Å²) < 4.78 is 75.4. The van der Waals surface area contributed by atoms with E-state index in [0.717, 1.165) is 24.3 Å². The summed E-state index contributed by atoms with van der Waals surface area (Å²) in [6.07, 6.45) is -4.83. The van der Waals surface area contributed by atoms with Crippen LogP contribution in [0.15, 0.2) is 35.2 Å². The maximum atomic E-state index is 13.2. The van der Waals surface area contributed by atoms with Crippen molar-refractivity contribution in [3.8, 4) is 11.5 Å². The highest BCUT2D eigenvalue weighted by Crippen LogP contribution is 2.40. The van der Waals surface area contributed by atoms with E-state index in [1.165, 1.54) is 14.2 Å². The number of para-hydroxylation sites is 1. The van der Waals surface area contributed by atoms with Gasteiger partial charge in [0.15, 0.2) is 11.5 Å². The Morgan fingerprint density at radius 2 is 1.77 bits per heavy atom. The van der Waals surface area contributed by atoms with Crippen molar-refractivity contribution in [1.29, 1.82) is 0 Å². The summed E-state index contributed by atoms with van der Waals surface area (Å²) in [5.74, 6) is -2.11. The number of hydrogen-bond acceptors (Lipinski definition) is 6. The molecular formula is C18H14ClF3N2O6S. The number of hydrogen-bond donors (Lipinski definition) is 1. The lowest BCUT2D eigenvalue weighted by atomic mass is 10.1. The van der Waals surface area contributed by atoms with Crippen LogP contribution in [0.2, 0.25) is 5.02 Å². The van der Waals surface area contributed by atoms with E-state index in [1.807, 2.05) is 5.32 Å². The molecule has 2 aromatic carbocycles. The highest BCUT2D eigenvalue weighted by Gasteiger charge is 2.43. The van der Waals surface area contributed by atoms with Gasteiger partial charge in [-0.05, 0) is 18.2 Å². The van der Waals surface area contributed by atoms with Gasteiger partial charge in [0.2, 0.25) is 5.91 Å². The van der Waals surface area contributed by atoms with Gasteiger partial charge in [-0.15, -0.1) is 0 Å². The summed E-state index contributed by atoms with van der Waals surface area (Å²) in [4.78, 5) is 24.6. The normalized spacial score (nSPS) is 14.9. The van der Waals surface area contributed by atoms with Gasteiger partial charge in [-0.2, -0.15) is 13.2 Å². The smallest absolute Gasteiger partial charge is 0.418 e. The molecule has 31 heavy (non-hydrogen) atoms. The van der Waals surface area contributed by atoms with Gasteiger partial charge in [0.1, 0.15) is 11.4 Å². The highest BCUT2D eigenvalue weighted by molar-refractivity contribution is 7.90. The number of amides is 2. The lowest BCUT2D eigenvalue weighted by molar-refractivity contribution is -0.137. The largest absolute Gasteiger partial charge is 0.493 e. The average molecular weight is 479 g/mol. The molecule has 0 saturated heterocycles. The maximum Gasteiger partial charge on any atom is 0.418 e. The summed E-state index contributed by atoms with van der Waals surface area (Å²) in [5, 5.41) is 1.54. The molecule has 166 valence electrons. The van der Waals surface area contributed by atoms with Crippen LogP contribution in [0.25, 0.3) is 0 Å². The number of benzene rings is 2. The molecule has 0 bridgehead atoms. The molecule has 1 heterocycles. The maximum absolute atomic E-state index is 13.2. The van der Waals surface area contributed by atoms with Crippen molar-refractivity contribution < 1.29 is 40.7 Å². The van der Waals surface area contributed by atoms with E-state index in [2.05, 4.69) is 0 Å². The Morgan fingerprint density at radius 1 is 1.16 bits per heavy atom. The Hall–Kier alpha value is -2.99. The molecule has 0 spiro atoms. The lowest BCUT2D eigenvalue weighted by Gasteiger charge is -2.18. The van der Waals surface area contributed by atoms with Crippen LogP contribution in [-0.4, -0.2) is 45.3 Å². The van der Waals surface area contributed by atoms with Crippen molar-refractivity contribution in [1.82, 2.24) is 4.31 Å². The summed E-state index contributed by atoms with van der Waals surface area (Å²) in [5.41, 5.74) is -2.23. The number of nitrogens with zero attached hydrogens (tertiary/aromatic N) is 1. The van der Waals surface area contributed by atoms with Gasteiger partial charge in [-0.25, -0.2) is 12.7 Å². The van der Waals surface area contributed by atoms with Gasteiger partial charge in [0.25, 0.3) is 15.9 Å². The second kappa shape index (κ2) is 7.93. The first-order valence-electron chi connectivity index (χ1n) is 8.40. The van der Waals surface area contributed by atoms with Crippen LogP contribution in [0.5, 0.6) is 11.5 Å². The van der Waals surface area contributed by atoms with Crippen molar-refractivity contribution in [2.45, 2.75) is 11.1 Å². The third kappa shape index (κ3) is 4.00. The number of methoxy groups -OCH3 is 2. The molecule has 2 aromatic rings. The standard InChI is InChI=1S/C18H14ClF3N2O6S/c1-29-12-6-9-14(7-13(12)30-2)31(27,28)24(17(9)26)8-15(25)23-16-10(18(20,21)22)4-3-5-11(16)19/h3-7H,8H2,1-2H3,(H,23,25). The van der Waals surface area contributed by atoms with Crippen molar-refractivity contribution >= 4 is 39.1 Å². The topological polar surface area (TPSA) is 102 Å². The number of alkyl halides is 3. The van der Waals surface area contributed by atoms with Crippen LogP contribution >= 0.6 is 11.6 Å². The van der Waals surface area contributed by atoms with E-state index in [0.29, 0.717) is 6.07 Å². The van der Waals surface area contributed by atoms with Gasteiger partial charge in [0.05, 0.1) is 36.1 Å². The molecule has 0 atom stereocenters. The molecule has 2 amide bonds. The first kappa shape index (κ1) is 22.7. The zero-order chi connectivity index (χ0) is 23.1. The number of nitrogens with one attached hydrogen (secondary N) is 1. The molecule has 1 N–H and O–H groups in total. The molecule has 0 fully saturated rings. The second-order valence-electron chi connectivity index (χ2n) is 6.23. The number of rotatable bonds is 5. The van der Waals surface area contributed by atoms with Gasteiger partial charge in [-0.1, -0.05) is 17.7 Å². The van der Waals surface area contributed by atoms with Crippen molar-refractivity contribution in [2.75, 3.05) is 26.1 Å². The Kier molecular flexibility index (Phi) is 5.80. The van der Waals surface area contributed by atoms with Crippen LogP contribution in [0.4, 0.5) is 18.9 Å². The summed E-state index contributed by atoms with van der Waals surface area (Å²) in [6, 6.07) is 5.08. The van der Waals surface area contributed by atoms with E-state index in [1.54, 1.807) is 0 Å². The summed E-state index contributed by atoms with van der Waals surface area (Å²) in [6.45, 7) is -1.07. The molecule has 8 nitrogen and oxygen atoms in total. The molecule has 0 aliphatic carbocycles. The van der Waals surface area contributed by atoms with Crippen LogP contribution in [0.3, 0.4) is 0 Å². The fourth-order valence-corrected chi connectivity index (χ4v) is 4.70. The highest BCUT2D eigenvalue weighted by atomic mass is 35.5.